The molecule has 0 spiro atoms. The van der Waals surface area contributed by atoms with Crippen molar-refractivity contribution in [2.45, 2.75) is 71.1 Å². The Kier molecular flexibility index (Phi) is 18.8. The summed E-state index contributed by atoms with van der Waals surface area (Å²) in [5, 5.41) is 11.4. The third-order valence-corrected chi connectivity index (χ3v) is 3.68. The number of carbonyl (C=O) groups is 1. The summed E-state index contributed by atoms with van der Waals surface area (Å²) in [6.07, 6.45) is 12.0. The van der Waals surface area contributed by atoms with Crippen LogP contribution in [0.3, 0.4) is 0 Å². The maximum Gasteiger partial charge on any atom is 0.220 e. The summed E-state index contributed by atoms with van der Waals surface area (Å²) in [7, 11) is 0. The average Bonchev–Trinajstić information content (AvgIpc) is 2.56. The van der Waals surface area contributed by atoms with Gasteiger partial charge in [-0.2, -0.15) is 0 Å². The summed E-state index contributed by atoms with van der Waals surface area (Å²) in [4.78, 5) is 11.6. The molecule has 0 aliphatic heterocycles. The number of nitrogens with one attached hydrogen (secondary N) is 1. The van der Waals surface area contributed by atoms with Crippen LogP contribution in [-0.4, -0.2) is 50.6 Å². The van der Waals surface area contributed by atoms with Gasteiger partial charge in [0.25, 0.3) is 0 Å². The molecule has 0 aliphatic rings. The highest BCUT2D eigenvalue weighted by atomic mass is 16.5. The highest BCUT2D eigenvalue weighted by molar-refractivity contribution is 5.75. The van der Waals surface area contributed by atoms with Gasteiger partial charge in [-0.15, -0.1) is 0 Å². The third-order valence-electron chi connectivity index (χ3n) is 3.68. The molecule has 0 radical (unpaired) electrons. The lowest BCUT2D eigenvalue weighted by Crippen LogP contribution is -2.27. The maximum absolute atomic E-state index is 11.6. The van der Waals surface area contributed by atoms with E-state index in [4.69, 9.17) is 14.6 Å². The van der Waals surface area contributed by atoms with E-state index < -0.39 is 0 Å². The number of hydrogen-bond donors (Lipinski definition) is 2. The summed E-state index contributed by atoms with van der Waals surface area (Å²) in [5.74, 6) is 0.119. The zero-order valence-corrected chi connectivity index (χ0v) is 15.0. The van der Waals surface area contributed by atoms with Gasteiger partial charge < -0.3 is 19.9 Å². The Labute approximate surface area is 142 Å². The SMILES string of the molecule is CCCCCCCCCCCC(=O)NCCOCCOCCO. The van der Waals surface area contributed by atoms with Crippen molar-refractivity contribution in [2.75, 3.05) is 39.6 Å². The van der Waals surface area contributed by atoms with Gasteiger partial charge in [0.1, 0.15) is 0 Å². The van der Waals surface area contributed by atoms with Crippen molar-refractivity contribution in [1.29, 1.82) is 0 Å². The second kappa shape index (κ2) is 19.4. The topological polar surface area (TPSA) is 67.8 Å². The normalized spacial score (nSPS) is 10.9. The summed E-state index contributed by atoms with van der Waals surface area (Å²) >= 11 is 0. The molecule has 1 amide bonds. The third kappa shape index (κ3) is 19.3. The number of aliphatic hydroxyl groups is 1. The van der Waals surface area contributed by atoms with Gasteiger partial charge in [0, 0.05) is 13.0 Å². The van der Waals surface area contributed by atoms with Gasteiger partial charge in [-0.3, -0.25) is 4.79 Å². The van der Waals surface area contributed by atoms with Crippen LogP contribution in [-0.2, 0) is 14.3 Å². The summed E-state index contributed by atoms with van der Waals surface area (Å²) in [5.41, 5.74) is 0. The fraction of sp³-hybridized carbons (Fsp3) is 0.944. The van der Waals surface area contributed by atoms with Crippen LogP contribution in [0.25, 0.3) is 0 Å². The fourth-order valence-corrected chi connectivity index (χ4v) is 2.33. The van der Waals surface area contributed by atoms with Crippen molar-refractivity contribution in [3.05, 3.63) is 0 Å². The van der Waals surface area contributed by atoms with E-state index in [1.54, 1.807) is 0 Å². The van der Waals surface area contributed by atoms with Crippen molar-refractivity contribution in [3.8, 4) is 0 Å². The van der Waals surface area contributed by atoms with E-state index in [2.05, 4.69) is 12.2 Å². The van der Waals surface area contributed by atoms with Gasteiger partial charge in [0.2, 0.25) is 5.91 Å². The van der Waals surface area contributed by atoms with E-state index >= 15 is 0 Å². The molecule has 5 heteroatoms. The molecule has 0 heterocycles. The molecular formula is C18H37NO4. The van der Waals surface area contributed by atoms with Crippen molar-refractivity contribution in [2.24, 2.45) is 0 Å². The van der Waals surface area contributed by atoms with Crippen molar-refractivity contribution < 1.29 is 19.4 Å². The first-order chi connectivity index (χ1) is 11.3. The van der Waals surface area contributed by atoms with Crippen molar-refractivity contribution >= 4 is 5.91 Å². The number of aliphatic hydroxyl groups excluding tert-OH is 1. The van der Waals surface area contributed by atoms with E-state index in [-0.39, 0.29) is 12.5 Å². The van der Waals surface area contributed by atoms with Gasteiger partial charge >= 0.3 is 0 Å². The van der Waals surface area contributed by atoms with Gasteiger partial charge in [0.05, 0.1) is 33.0 Å². The molecule has 0 saturated heterocycles. The molecule has 0 rings (SSSR count). The first-order valence-corrected chi connectivity index (χ1v) is 9.34. The van der Waals surface area contributed by atoms with Crippen LogP contribution in [0, 0.1) is 0 Å². The van der Waals surface area contributed by atoms with E-state index in [1.807, 2.05) is 0 Å². The smallest absolute Gasteiger partial charge is 0.220 e. The van der Waals surface area contributed by atoms with Crippen molar-refractivity contribution in [3.63, 3.8) is 0 Å². The Morgan fingerprint density at radius 3 is 2.00 bits per heavy atom. The number of carbonyl (C=O) groups excluding carboxylic acids is 1. The molecular weight excluding hydrogens is 294 g/mol. The van der Waals surface area contributed by atoms with Crippen LogP contribution < -0.4 is 5.32 Å². The molecule has 0 fully saturated rings. The Bertz CT molecular complexity index is 249. The quantitative estimate of drug-likeness (QED) is 0.379. The Morgan fingerprint density at radius 2 is 1.39 bits per heavy atom. The maximum atomic E-state index is 11.6. The molecule has 0 aliphatic carbocycles. The van der Waals surface area contributed by atoms with Gasteiger partial charge in [-0.05, 0) is 6.42 Å². The van der Waals surface area contributed by atoms with E-state index in [1.165, 1.54) is 44.9 Å². The van der Waals surface area contributed by atoms with Crippen molar-refractivity contribution in [1.82, 2.24) is 5.32 Å². The minimum absolute atomic E-state index is 0.0366. The molecule has 0 saturated carbocycles. The molecule has 138 valence electrons. The van der Waals surface area contributed by atoms with Crippen LogP contribution in [0.5, 0.6) is 0 Å². The van der Waals surface area contributed by atoms with E-state index in [0.29, 0.717) is 39.4 Å². The summed E-state index contributed by atoms with van der Waals surface area (Å²) < 4.78 is 10.4. The zero-order chi connectivity index (χ0) is 17.0. The predicted octanol–water partition coefficient (Wildman–Crippen LogP) is 3.05. The number of unbranched alkanes of at least 4 members (excludes halogenated alkanes) is 8. The molecule has 23 heavy (non-hydrogen) atoms. The number of rotatable bonds is 18. The lowest BCUT2D eigenvalue weighted by molar-refractivity contribution is -0.121. The molecule has 0 aromatic heterocycles. The largest absolute Gasteiger partial charge is 0.394 e. The van der Waals surface area contributed by atoms with E-state index in [9.17, 15) is 4.79 Å². The number of hydrogen-bond acceptors (Lipinski definition) is 4. The molecule has 2 N–H and O–H groups in total. The monoisotopic (exact) mass is 331 g/mol. The average molecular weight is 331 g/mol. The minimum atomic E-state index is 0.0366. The summed E-state index contributed by atoms with van der Waals surface area (Å²) in [6.45, 7) is 4.65. The standard InChI is InChI=1S/C18H37NO4/c1-2-3-4-5-6-7-8-9-10-11-18(21)19-12-14-22-16-17-23-15-13-20/h20H,2-17H2,1H3,(H,19,21). The van der Waals surface area contributed by atoms with Crippen LogP contribution in [0.4, 0.5) is 0 Å². The van der Waals surface area contributed by atoms with Crippen LogP contribution in [0.2, 0.25) is 0 Å². The second-order valence-corrected chi connectivity index (χ2v) is 5.88. The molecule has 0 aromatic carbocycles. The first-order valence-electron chi connectivity index (χ1n) is 9.34. The van der Waals surface area contributed by atoms with Gasteiger partial charge in [-0.25, -0.2) is 0 Å². The highest BCUT2D eigenvalue weighted by Gasteiger charge is 2.00. The highest BCUT2D eigenvalue weighted by Crippen LogP contribution is 2.10. The fourth-order valence-electron chi connectivity index (χ4n) is 2.33. The molecule has 0 atom stereocenters. The van der Waals surface area contributed by atoms with Gasteiger partial charge in [0.15, 0.2) is 0 Å². The van der Waals surface area contributed by atoms with Crippen LogP contribution in [0.1, 0.15) is 71.1 Å². The second-order valence-electron chi connectivity index (χ2n) is 5.88. The molecule has 0 bridgehead atoms. The van der Waals surface area contributed by atoms with Crippen LogP contribution in [0.15, 0.2) is 0 Å². The van der Waals surface area contributed by atoms with Crippen LogP contribution >= 0.6 is 0 Å². The van der Waals surface area contributed by atoms with Gasteiger partial charge in [-0.1, -0.05) is 58.3 Å². The lowest BCUT2D eigenvalue weighted by atomic mass is 10.1. The summed E-state index contributed by atoms with van der Waals surface area (Å²) in [6, 6.07) is 0. The Hall–Kier alpha value is -0.650. The lowest BCUT2D eigenvalue weighted by Gasteiger charge is -2.07. The zero-order valence-electron chi connectivity index (χ0n) is 15.0. The molecule has 5 nitrogen and oxygen atoms in total. The minimum Gasteiger partial charge on any atom is -0.394 e. The molecule has 0 unspecified atom stereocenters. The predicted molar refractivity (Wildman–Crippen MR) is 93.6 cm³/mol. The Balaban J connectivity index is 3.13. The van der Waals surface area contributed by atoms with E-state index in [0.717, 1.165) is 12.8 Å². The Morgan fingerprint density at radius 1 is 0.826 bits per heavy atom. The number of ether oxygens (including phenoxy) is 2. The number of amides is 1. The molecule has 0 aromatic rings. The first kappa shape index (κ1) is 22.4.